The van der Waals surface area contributed by atoms with Crippen LogP contribution in [-0.4, -0.2) is 16.3 Å². The highest BCUT2D eigenvalue weighted by molar-refractivity contribution is 5.71. The molecule has 0 aliphatic carbocycles. The Hall–Kier alpha value is -2.69. The summed E-state index contributed by atoms with van der Waals surface area (Å²) in [6.07, 6.45) is 3.86. The van der Waals surface area contributed by atoms with Crippen LogP contribution in [-0.2, 0) is 12.8 Å². The van der Waals surface area contributed by atoms with E-state index in [9.17, 15) is 8.78 Å². The summed E-state index contributed by atoms with van der Waals surface area (Å²) in [5.41, 5.74) is 4.11. The molecule has 0 radical (unpaired) electrons. The van der Waals surface area contributed by atoms with Crippen molar-refractivity contribution >= 4 is 5.82 Å². The molecule has 4 rings (SSSR count). The van der Waals surface area contributed by atoms with Crippen molar-refractivity contribution in [2.24, 2.45) is 0 Å². The lowest BCUT2D eigenvalue weighted by molar-refractivity contribution is 0.585. The summed E-state index contributed by atoms with van der Waals surface area (Å²) >= 11 is 0. The van der Waals surface area contributed by atoms with Crippen molar-refractivity contribution in [1.29, 1.82) is 0 Å². The molecule has 134 valence electrons. The maximum Gasteiger partial charge on any atom is 0.135 e. The Balaban J connectivity index is 1.88. The highest BCUT2D eigenvalue weighted by Gasteiger charge is 2.23. The van der Waals surface area contributed by atoms with E-state index < -0.39 is 11.6 Å². The first kappa shape index (κ1) is 16.8. The van der Waals surface area contributed by atoms with E-state index in [1.807, 2.05) is 16.8 Å². The number of fused-ring (bicyclic) bond motifs is 1. The molecule has 1 aliphatic rings. The zero-order chi connectivity index (χ0) is 18.1. The van der Waals surface area contributed by atoms with Crippen LogP contribution in [0.25, 0.3) is 16.9 Å². The van der Waals surface area contributed by atoms with Gasteiger partial charge >= 0.3 is 0 Å². The predicted octanol–water partition coefficient (Wildman–Crippen LogP) is 5.13. The molecule has 0 spiro atoms. The summed E-state index contributed by atoms with van der Waals surface area (Å²) in [7, 11) is 0. The number of aryl methyl sites for hydroxylation is 1. The molecule has 26 heavy (non-hydrogen) atoms. The fourth-order valence-corrected chi connectivity index (χ4v) is 3.46. The first-order valence-electron chi connectivity index (χ1n) is 9.08. The third-order valence-electron chi connectivity index (χ3n) is 4.90. The third kappa shape index (κ3) is 2.98. The first-order chi connectivity index (χ1) is 12.7. The fourth-order valence-electron chi connectivity index (χ4n) is 3.46. The summed E-state index contributed by atoms with van der Waals surface area (Å²) in [6, 6.07) is 11.9. The maximum atomic E-state index is 14.4. The number of nitrogens with zero attached hydrogens (tertiary/aromatic N) is 2. The van der Waals surface area contributed by atoms with Crippen molar-refractivity contribution in [3.05, 3.63) is 65.2 Å². The maximum absolute atomic E-state index is 14.4. The Morgan fingerprint density at radius 2 is 1.88 bits per heavy atom. The van der Waals surface area contributed by atoms with Gasteiger partial charge in [0.2, 0.25) is 0 Å². The van der Waals surface area contributed by atoms with Crippen LogP contribution in [0.5, 0.6) is 0 Å². The van der Waals surface area contributed by atoms with Crippen LogP contribution in [0.1, 0.15) is 30.9 Å². The van der Waals surface area contributed by atoms with Crippen molar-refractivity contribution in [2.75, 3.05) is 11.9 Å². The zero-order valence-electron chi connectivity index (χ0n) is 14.7. The summed E-state index contributed by atoms with van der Waals surface area (Å²) in [5.74, 6) is -0.251. The summed E-state index contributed by atoms with van der Waals surface area (Å²) < 4.78 is 29.6. The molecular formula is C21H21F2N3. The van der Waals surface area contributed by atoms with Gasteiger partial charge in [0.1, 0.15) is 23.1 Å². The van der Waals surface area contributed by atoms with E-state index in [-0.39, 0.29) is 0 Å². The second kappa shape index (κ2) is 6.90. The van der Waals surface area contributed by atoms with Crippen LogP contribution >= 0.6 is 0 Å². The molecule has 0 amide bonds. The second-order valence-electron chi connectivity index (χ2n) is 6.62. The average molecular weight is 353 g/mol. The molecule has 0 fully saturated rings. The average Bonchev–Trinajstić information content (AvgIpc) is 2.83. The predicted molar refractivity (Wildman–Crippen MR) is 99.7 cm³/mol. The van der Waals surface area contributed by atoms with Gasteiger partial charge in [0.05, 0.1) is 5.69 Å². The normalized spacial score (nSPS) is 13.8. The molecule has 0 saturated carbocycles. The SMILES string of the molecule is CCc1ccc(-n2nc(-c3ccc(F)cc3F)c3c2NCCCC3)cc1. The van der Waals surface area contributed by atoms with Gasteiger partial charge in [-0.25, -0.2) is 13.5 Å². The summed E-state index contributed by atoms with van der Waals surface area (Å²) in [6.45, 7) is 2.98. The largest absolute Gasteiger partial charge is 0.370 e. The standard InChI is InChI=1S/C21H21F2N3/c1-2-14-6-9-16(10-7-14)26-21-18(5-3-4-12-24-21)20(25-26)17-11-8-15(22)13-19(17)23/h6-11,13,24H,2-5,12H2,1H3. The third-order valence-corrected chi connectivity index (χ3v) is 4.90. The van der Waals surface area contributed by atoms with Crippen LogP contribution in [0.3, 0.4) is 0 Å². The van der Waals surface area contributed by atoms with E-state index in [0.29, 0.717) is 11.3 Å². The van der Waals surface area contributed by atoms with Gasteiger partial charge in [0, 0.05) is 23.7 Å². The number of benzene rings is 2. The number of anilines is 1. The lowest BCUT2D eigenvalue weighted by atomic mass is 10.0. The molecule has 2 aromatic carbocycles. The van der Waals surface area contributed by atoms with E-state index in [4.69, 9.17) is 5.10 Å². The Kier molecular flexibility index (Phi) is 4.45. The molecule has 0 unspecified atom stereocenters. The summed E-state index contributed by atoms with van der Waals surface area (Å²) in [5, 5.41) is 8.16. The number of hydrogen-bond acceptors (Lipinski definition) is 2. The van der Waals surface area contributed by atoms with Crippen LogP contribution in [0, 0.1) is 11.6 Å². The van der Waals surface area contributed by atoms with Crippen LogP contribution in [0.4, 0.5) is 14.6 Å². The minimum Gasteiger partial charge on any atom is -0.370 e. The highest BCUT2D eigenvalue weighted by Crippen LogP contribution is 2.35. The van der Waals surface area contributed by atoms with Crippen molar-refractivity contribution in [2.45, 2.75) is 32.6 Å². The fraction of sp³-hybridized carbons (Fsp3) is 0.286. The van der Waals surface area contributed by atoms with E-state index in [1.165, 1.54) is 17.7 Å². The quantitative estimate of drug-likeness (QED) is 0.707. The van der Waals surface area contributed by atoms with Gasteiger partial charge in [-0.3, -0.25) is 0 Å². The number of aromatic nitrogens is 2. The van der Waals surface area contributed by atoms with Gasteiger partial charge in [0.15, 0.2) is 0 Å². The molecule has 0 bridgehead atoms. The van der Waals surface area contributed by atoms with E-state index in [2.05, 4.69) is 24.4 Å². The van der Waals surface area contributed by atoms with Gasteiger partial charge in [-0.05, 0) is 55.5 Å². The van der Waals surface area contributed by atoms with Crippen LogP contribution in [0.15, 0.2) is 42.5 Å². The molecule has 3 aromatic rings. The smallest absolute Gasteiger partial charge is 0.135 e. The molecule has 2 heterocycles. The number of halogens is 2. The lowest BCUT2D eigenvalue weighted by Gasteiger charge is -2.09. The minimum absolute atomic E-state index is 0.343. The lowest BCUT2D eigenvalue weighted by Crippen LogP contribution is -2.07. The Morgan fingerprint density at radius 3 is 2.62 bits per heavy atom. The molecule has 0 saturated heterocycles. The molecule has 1 aliphatic heterocycles. The molecule has 1 N–H and O–H groups in total. The monoisotopic (exact) mass is 353 g/mol. The molecular weight excluding hydrogens is 332 g/mol. The Bertz CT molecular complexity index is 929. The Morgan fingerprint density at radius 1 is 1.08 bits per heavy atom. The van der Waals surface area contributed by atoms with Crippen LogP contribution < -0.4 is 5.32 Å². The van der Waals surface area contributed by atoms with Crippen molar-refractivity contribution < 1.29 is 8.78 Å². The minimum atomic E-state index is -0.581. The second-order valence-corrected chi connectivity index (χ2v) is 6.62. The van der Waals surface area contributed by atoms with Gasteiger partial charge in [0.25, 0.3) is 0 Å². The van der Waals surface area contributed by atoms with Crippen molar-refractivity contribution in [3.63, 3.8) is 0 Å². The van der Waals surface area contributed by atoms with Crippen molar-refractivity contribution in [1.82, 2.24) is 9.78 Å². The number of rotatable bonds is 3. The number of nitrogens with one attached hydrogen (secondary N) is 1. The summed E-state index contributed by atoms with van der Waals surface area (Å²) in [4.78, 5) is 0. The molecule has 0 atom stereocenters. The number of hydrogen-bond donors (Lipinski definition) is 1. The zero-order valence-corrected chi connectivity index (χ0v) is 14.7. The van der Waals surface area contributed by atoms with Crippen LogP contribution in [0.2, 0.25) is 0 Å². The molecule has 3 nitrogen and oxygen atoms in total. The molecule has 1 aromatic heterocycles. The van der Waals surface area contributed by atoms with E-state index in [1.54, 1.807) is 0 Å². The van der Waals surface area contributed by atoms with Gasteiger partial charge in [-0.15, -0.1) is 0 Å². The van der Waals surface area contributed by atoms with E-state index >= 15 is 0 Å². The van der Waals surface area contributed by atoms with Gasteiger partial charge < -0.3 is 5.32 Å². The Labute approximate surface area is 151 Å². The van der Waals surface area contributed by atoms with Crippen molar-refractivity contribution in [3.8, 4) is 16.9 Å². The molecule has 5 heteroatoms. The first-order valence-corrected chi connectivity index (χ1v) is 9.08. The van der Waals surface area contributed by atoms with Gasteiger partial charge in [-0.1, -0.05) is 19.1 Å². The highest BCUT2D eigenvalue weighted by atomic mass is 19.1. The van der Waals surface area contributed by atoms with Gasteiger partial charge in [-0.2, -0.15) is 5.10 Å². The topological polar surface area (TPSA) is 29.9 Å². The van der Waals surface area contributed by atoms with E-state index in [0.717, 1.165) is 55.4 Å².